The van der Waals surface area contributed by atoms with Crippen molar-refractivity contribution < 1.29 is 24.2 Å². The van der Waals surface area contributed by atoms with Crippen molar-refractivity contribution in [2.24, 2.45) is 5.41 Å². The van der Waals surface area contributed by atoms with Crippen molar-refractivity contribution in [3.8, 4) is 5.75 Å². The molecule has 0 aromatic heterocycles. The van der Waals surface area contributed by atoms with Crippen molar-refractivity contribution in [1.82, 2.24) is 4.90 Å². The Morgan fingerprint density at radius 2 is 2.00 bits per heavy atom. The van der Waals surface area contributed by atoms with E-state index in [0.29, 0.717) is 24.3 Å². The van der Waals surface area contributed by atoms with Crippen LogP contribution in [0, 0.1) is 5.41 Å². The first kappa shape index (κ1) is 15.8. The van der Waals surface area contributed by atoms with E-state index in [0.717, 1.165) is 0 Å². The highest BCUT2D eigenvalue weighted by atomic mass is 16.5. The van der Waals surface area contributed by atoms with Gasteiger partial charge in [-0.05, 0) is 25.0 Å². The van der Waals surface area contributed by atoms with E-state index >= 15 is 0 Å². The number of ether oxygens (including phenoxy) is 1. The summed E-state index contributed by atoms with van der Waals surface area (Å²) in [4.78, 5) is 36.0. The minimum Gasteiger partial charge on any atom is -0.484 e. The fourth-order valence-electron chi connectivity index (χ4n) is 1.85. The molecule has 7 heteroatoms. The van der Waals surface area contributed by atoms with Crippen molar-refractivity contribution in [3.05, 3.63) is 24.3 Å². The molecule has 0 aliphatic heterocycles. The van der Waals surface area contributed by atoms with E-state index in [2.05, 4.69) is 5.32 Å². The quantitative estimate of drug-likeness (QED) is 0.763. The monoisotopic (exact) mass is 306 g/mol. The van der Waals surface area contributed by atoms with Crippen LogP contribution in [0.4, 0.5) is 5.69 Å². The van der Waals surface area contributed by atoms with E-state index < -0.39 is 17.3 Å². The molecule has 1 fully saturated rings. The lowest BCUT2D eigenvalue weighted by Gasteiger charge is -2.13. The Labute approximate surface area is 127 Å². The molecule has 0 spiro atoms. The zero-order chi connectivity index (χ0) is 16.3. The van der Waals surface area contributed by atoms with Crippen LogP contribution < -0.4 is 10.1 Å². The van der Waals surface area contributed by atoms with Crippen LogP contribution in [-0.2, 0) is 14.4 Å². The van der Waals surface area contributed by atoms with Gasteiger partial charge >= 0.3 is 5.97 Å². The summed E-state index contributed by atoms with van der Waals surface area (Å²) < 4.78 is 5.34. The van der Waals surface area contributed by atoms with Crippen molar-refractivity contribution in [2.45, 2.75) is 12.8 Å². The van der Waals surface area contributed by atoms with Gasteiger partial charge in [0.1, 0.15) is 11.2 Å². The van der Waals surface area contributed by atoms with Gasteiger partial charge < -0.3 is 20.1 Å². The number of likely N-dealkylation sites (N-methyl/N-ethyl adjacent to an activating group) is 1. The molecule has 7 nitrogen and oxygen atoms in total. The van der Waals surface area contributed by atoms with Gasteiger partial charge in [-0.15, -0.1) is 0 Å². The molecular weight excluding hydrogens is 288 g/mol. The Kier molecular flexibility index (Phi) is 4.35. The Bertz CT molecular complexity index is 608. The molecule has 2 N–H and O–H groups in total. The molecule has 0 atom stereocenters. The van der Waals surface area contributed by atoms with E-state index in [1.54, 1.807) is 38.4 Å². The zero-order valence-electron chi connectivity index (χ0n) is 12.5. The number of hydrogen-bond acceptors (Lipinski definition) is 4. The zero-order valence-corrected chi connectivity index (χ0v) is 12.5. The van der Waals surface area contributed by atoms with Crippen LogP contribution >= 0.6 is 0 Å². The molecule has 1 saturated carbocycles. The maximum absolute atomic E-state index is 12.0. The third-order valence-electron chi connectivity index (χ3n) is 3.55. The molecule has 1 aromatic carbocycles. The fraction of sp³-hybridized carbons (Fsp3) is 0.400. The molecule has 0 radical (unpaired) electrons. The first-order chi connectivity index (χ1) is 10.3. The molecule has 1 aliphatic carbocycles. The number of carboxylic acids is 1. The lowest BCUT2D eigenvalue weighted by Crippen LogP contribution is -2.31. The van der Waals surface area contributed by atoms with Gasteiger partial charge in [-0.2, -0.15) is 0 Å². The van der Waals surface area contributed by atoms with Gasteiger partial charge in [0.05, 0.1) is 0 Å². The number of anilines is 1. The predicted octanol–water partition coefficient (Wildman–Crippen LogP) is 0.957. The van der Waals surface area contributed by atoms with E-state index in [-0.39, 0.29) is 12.5 Å². The molecular formula is C15H18N2O5. The van der Waals surface area contributed by atoms with E-state index in [1.807, 2.05) is 0 Å². The standard InChI is InChI=1S/C15H18N2O5/c1-17(2)12(18)9-22-11-5-3-4-10(8-11)16-13(19)15(6-7-15)14(20)21/h3-5,8H,6-7,9H2,1-2H3,(H,16,19)(H,20,21). The Balaban J connectivity index is 1.98. The van der Waals surface area contributed by atoms with Crippen LogP contribution in [0.25, 0.3) is 0 Å². The molecule has 2 rings (SSSR count). The summed E-state index contributed by atoms with van der Waals surface area (Å²) in [6.45, 7) is -0.108. The largest absolute Gasteiger partial charge is 0.484 e. The Hall–Kier alpha value is -2.57. The number of carboxylic acid groups (broad SMARTS) is 1. The second-order valence-electron chi connectivity index (χ2n) is 5.45. The van der Waals surface area contributed by atoms with Crippen LogP contribution in [0.15, 0.2) is 24.3 Å². The number of benzene rings is 1. The molecule has 22 heavy (non-hydrogen) atoms. The number of hydrogen-bond donors (Lipinski definition) is 2. The van der Waals surface area contributed by atoms with Crippen LogP contribution in [0.2, 0.25) is 0 Å². The highest BCUT2D eigenvalue weighted by Gasteiger charge is 2.57. The van der Waals surface area contributed by atoms with Gasteiger partial charge in [0.2, 0.25) is 5.91 Å². The van der Waals surface area contributed by atoms with Gasteiger partial charge in [-0.3, -0.25) is 14.4 Å². The molecule has 0 bridgehead atoms. The van der Waals surface area contributed by atoms with Crippen LogP contribution in [-0.4, -0.2) is 48.5 Å². The van der Waals surface area contributed by atoms with Gasteiger partial charge in [0.25, 0.3) is 5.91 Å². The SMILES string of the molecule is CN(C)C(=O)COc1cccc(NC(=O)C2(C(=O)O)CC2)c1. The van der Waals surface area contributed by atoms with Gasteiger partial charge in [0.15, 0.2) is 6.61 Å². The number of rotatable bonds is 6. The van der Waals surface area contributed by atoms with Crippen LogP contribution in [0.5, 0.6) is 5.75 Å². The van der Waals surface area contributed by atoms with E-state index in [9.17, 15) is 14.4 Å². The molecule has 1 aliphatic rings. The van der Waals surface area contributed by atoms with Gasteiger partial charge in [0, 0.05) is 25.8 Å². The summed E-state index contributed by atoms with van der Waals surface area (Å²) in [5.41, 5.74) is -0.857. The van der Waals surface area contributed by atoms with Crippen molar-refractivity contribution in [2.75, 3.05) is 26.0 Å². The first-order valence-electron chi connectivity index (χ1n) is 6.83. The molecule has 1 aromatic rings. The summed E-state index contributed by atoms with van der Waals surface area (Å²) in [5, 5.41) is 11.7. The number of carbonyl (C=O) groups excluding carboxylic acids is 2. The maximum Gasteiger partial charge on any atom is 0.319 e. The summed E-state index contributed by atoms with van der Waals surface area (Å²) in [6.07, 6.45) is 0.698. The average molecular weight is 306 g/mol. The molecule has 2 amide bonds. The minimum atomic E-state index is -1.29. The summed E-state index contributed by atoms with van der Waals surface area (Å²) in [6, 6.07) is 6.50. The lowest BCUT2D eigenvalue weighted by atomic mass is 10.1. The number of nitrogens with one attached hydrogen (secondary N) is 1. The van der Waals surface area contributed by atoms with Crippen molar-refractivity contribution >= 4 is 23.5 Å². The highest BCUT2D eigenvalue weighted by molar-refractivity contribution is 6.10. The van der Waals surface area contributed by atoms with Crippen molar-refractivity contribution in [1.29, 1.82) is 0 Å². The van der Waals surface area contributed by atoms with Crippen molar-refractivity contribution in [3.63, 3.8) is 0 Å². The Morgan fingerprint density at radius 1 is 1.32 bits per heavy atom. The summed E-state index contributed by atoms with van der Waals surface area (Å²) in [7, 11) is 3.26. The van der Waals surface area contributed by atoms with Crippen LogP contribution in [0.3, 0.4) is 0 Å². The second-order valence-corrected chi connectivity index (χ2v) is 5.45. The maximum atomic E-state index is 12.0. The molecule has 0 saturated heterocycles. The third-order valence-corrected chi connectivity index (χ3v) is 3.55. The third kappa shape index (κ3) is 3.36. The molecule has 118 valence electrons. The summed E-state index contributed by atoms with van der Waals surface area (Å²) >= 11 is 0. The number of nitrogens with zero attached hydrogens (tertiary/aromatic N) is 1. The normalized spacial score (nSPS) is 14.8. The highest BCUT2D eigenvalue weighted by Crippen LogP contribution is 2.46. The van der Waals surface area contributed by atoms with Gasteiger partial charge in [-0.25, -0.2) is 0 Å². The second kappa shape index (κ2) is 6.05. The van der Waals surface area contributed by atoms with Crippen LogP contribution in [0.1, 0.15) is 12.8 Å². The smallest absolute Gasteiger partial charge is 0.319 e. The molecule has 0 unspecified atom stereocenters. The summed E-state index contributed by atoms with van der Waals surface area (Å²) in [5.74, 6) is -1.39. The first-order valence-corrected chi connectivity index (χ1v) is 6.83. The number of carbonyl (C=O) groups is 3. The minimum absolute atomic E-state index is 0.108. The number of aliphatic carboxylic acids is 1. The predicted molar refractivity (Wildman–Crippen MR) is 78.6 cm³/mol. The topological polar surface area (TPSA) is 95.9 Å². The fourth-order valence-corrected chi connectivity index (χ4v) is 1.85. The lowest BCUT2D eigenvalue weighted by molar-refractivity contribution is -0.147. The average Bonchev–Trinajstić information content (AvgIpc) is 3.26. The Morgan fingerprint density at radius 3 is 2.55 bits per heavy atom. The van der Waals surface area contributed by atoms with E-state index in [4.69, 9.17) is 9.84 Å². The van der Waals surface area contributed by atoms with Gasteiger partial charge in [-0.1, -0.05) is 6.07 Å². The molecule has 0 heterocycles. The number of amides is 2. The van der Waals surface area contributed by atoms with E-state index in [1.165, 1.54) is 4.90 Å².